The third-order valence-electron chi connectivity index (χ3n) is 6.40. The minimum atomic E-state index is -0.209. The van der Waals surface area contributed by atoms with Gasteiger partial charge in [0.05, 0.1) is 16.2 Å². The SMILES string of the molecule is CN(C)c1ccc(NC(=S)N2CCC(c3nc(C(=O)Nc4cccc5cccnc45)cs3)CC2)cc1. The summed E-state index contributed by atoms with van der Waals surface area (Å²) in [5, 5.41) is 10.9. The third-order valence-corrected chi connectivity index (χ3v) is 7.77. The summed E-state index contributed by atoms with van der Waals surface area (Å²) in [5.41, 5.74) is 4.05. The van der Waals surface area contributed by atoms with E-state index in [4.69, 9.17) is 12.2 Å². The van der Waals surface area contributed by atoms with Crippen molar-refractivity contribution in [3.05, 3.63) is 76.9 Å². The van der Waals surface area contributed by atoms with Crippen LogP contribution in [0.5, 0.6) is 0 Å². The number of nitrogens with zero attached hydrogens (tertiary/aromatic N) is 4. The summed E-state index contributed by atoms with van der Waals surface area (Å²) in [7, 11) is 4.05. The molecule has 2 N–H and O–H groups in total. The molecule has 0 atom stereocenters. The molecule has 1 saturated heterocycles. The number of piperidine rings is 1. The fourth-order valence-corrected chi connectivity index (χ4v) is 5.62. The number of carbonyl (C=O) groups is 1. The fraction of sp³-hybridized carbons (Fsp3) is 0.259. The van der Waals surface area contributed by atoms with Gasteiger partial charge in [-0.3, -0.25) is 9.78 Å². The first kappa shape index (κ1) is 24.1. The van der Waals surface area contributed by atoms with Gasteiger partial charge in [-0.05, 0) is 61.5 Å². The van der Waals surface area contributed by atoms with Gasteiger partial charge in [-0.25, -0.2) is 4.98 Å². The first-order valence-electron chi connectivity index (χ1n) is 11.9. The minimum absolute atomic E-state index is 0.209. The summed E-state index contributed by atoms with van der Waals surface area (Å²) in [6.07, 6.45) is 3.62. The number of hydrogen-bond donors (Lipinski definition) is 2. The average molecular weight is 517 g/mol. The van der Waals surface area contributed by atoms with Gasteiger partial charge in [0.15, 0.2) is 5.11 Å². The van der Waals surface area contributed by atoms with Crippen LogP contribution in [0, 0.1) is 0 Å². The Balaban J connectivity index is 1.16. The van der Waals surface area contributed by atoms with Crippen molar-refractivity contribution in [3.63, 3.8) is 0 Å². The smallest absolute Gasteiger partial charge is 0.275 e. The monoisotopic (exact) mass is 516 g/mol. The number of para-hydroxylation sites is 1. The molecule has 1 fully saturated rings. The van der Waals surface area contributed by atoms with Crippen molar-refractivity contribution in [1.29, 1.82) is 0 Å². The quantitative estimate of drug-likeness (QED) is 0.335. The Kier molecular flexibility index (Phi) is 7.11. The van der Waals surface area contributed by atoms with E-state index in [1.54, 1.807) is 17.5 Å². The number of fused-ring (bicyclic) bond motifs is 1. The van der Waals surface area contributed by atoms with Crippen LogP contribution in [-0.2, 0) is 0 Å². The van der Waals surface area contributed by atoms with Gasteiger partial charge in [0.1, 0.15) is 5.69 Å². The summed E-state index contributed by atoms with van der Waals surface area (Å²) >= 11 is 7.22. The molecule has 0 unspecified atom stereocenters. The predicted octanol–water partition coefficient (Wildman–Crippen LogP) is 5.59. The lowest BCUT2D eigenvalue weighted by atomic mass is 9.98. The molecule has 0 spiro atoms. The molecule has 184 valence electrons. The molecular weight excluding hydrogens is 488 g/mol. The molecule has 5 rings (SSSR count). The van der Waals surface area contributed by atoms with Crippen molar-refractivity contribution in [2.75, 3.05) is 42.7 Å². The van der Waals surface area contributed by atoms with E-state index in [-0.39, 0.29) is 5.91 Å². The number of thiazole rings is 1. The number of aromatic nitrogens is 2. The number of likely N-dealkylation sites (tertiary alicyclic amines) is 1. The first-order chi connectivity index (χ1) is 17.5. The van der Waals surface area contributed by atoms with Gasteiger partial charge in [0, 0.05) is 61.4 Å². The Morgan fingerprint density at radius 2 is 1.81 bits per heavy atom. The molecule has 0 radical (unpaired) electrons. The van der Waals surface area contributed by atoms with E-state index in [1.165, 1.54) is 0 Å². The van der Waals surface area contributed by atoms with Crippen LogP contribution in [0.25, 0.3) is 10.9 Å². The normalized spacial score (nSPS) is 14.0. The zero-order chi connectivity index (χ0) is 25.1. The number of carbonyl (C=O) groups excluding carboxylic acids is 1. The van der Waals surface area contributed by atoms with E-state index in [9.17, 15) is 4.79 Å². The number of nitrogens with one attached hydrogen (secondary N) is 2. The molecule has 36 heavy (non-hydrogen) atoms. The highest BCUT2D eigenvalue weighted by Gasteiger charge is 2.25. The van der Waals surface area contributed by atoms with Gasteiger partial charge in [0.2, 0.25) is 0 Å². The maximum atomic E-state index is 12.9. The summed E-state index contributed by atoms with van der Waals surface area (Å²) in [6, 6.07) is 17.9. The van der Waals surface area contributed by atoms with Crippen molar-refractivity contribution in [3.8, 4) is 0 Å². The van der Waals surface area contributed by atoms with Crippen molar-refractivity contribution in [1.82, 2.24) is 14.9 Å². The molecule has 1 aliphatic heterocycles. The molecule has 9 heteroatoms. The van der Waals surface area contributed by atoms with Crippen LogP contribution in [0.2, 0.25) is 0 Å². The van der Waals surface area contributed by atoms with Gasteiger partial charge in [-0.1, -0.05) is 18.2 Å². The Hall–Kier alpha value is -3.56. The Bertz CT molecular complexity index is 1370. The zero-order valence-corrected chi connectivity index (χ0v) is 21.9. The molecule has 3 heterocycles. The maximum absolute atomic E-state index is 12.9. The van der Waals surface area contributed by atoms with E-state index >= 15 is 0 Å². The maximum Gasteiger partial charge on any atom is 0.275 e. The van der Waals surface area contributed by atoms with Crippen molar-refractivity contribution >= 4 is 62.5 Å². The number of benzene rings is 2. The average Bonchev–Trinajstić information content (AvgIpc) is 3.40. The molecule has 0 aliphatic carbocycles. The van der Waals surface area contributed by atoms with Gasteiger partial charge in [0.25, 0.3) is 5.91 Å². The van der Waals surface area contributed by atoms with Crippen molar-refractivity contribution in [2.45, 2.75) is 18.8 Å². The highest BCUT2D eigenvalue weighted by Crippen LogP contribution is 2.31. The summed E-state index contributed by atoms with van der Waals surface area (Å²) < 4.78 is 0. The summed E-state index contributed by atoms with van der Waals surface area (Å²) in [6.45, 7) is 1.71. The van der Waals surface area contributed by atoms with Gasteiger partial charge in [-0.15, -0.1) is 11.3 Å². The second-order valence-corrected chi connectivity index (χ2v) is 10.3. The van der Waals surface area contributed by atoms with Gasteiger partial charge >= 0.3 is 0 Å². The molecule has 0 bridgehead atoms. The van der Waals surface area contributed by atoms with Crippen LogP contribution in [0.3, 0.4) is 0 Å². The number of hydrogen-bond acceptors (Lipinski definition) is 6. The van der Waals surface area contributed by atoms with E-state index in [2.05, 4.69) is 42.5 Å². The molecule has 1 amide bonds. The lowest BCUT2D eigenvalue weighted by Gasteiger charge is -2.33. The van der Waals surface area contributed by atoms with Crippen LogP contribution >= 0.6 is 23.6 Å². The number of pyridine rings is 1. The molecule has 2 aromatic heterocycles. The summed E-state index contributed by atoms with van der Waals surface area (Å²) in [4.78, 5) is 26.3. The molecule has 7 nitrogen and oxygen atoms in total. The molecule has 0 saturated carbocycles. The largest absolute Gasteiger partial charge is 0.378 e. The lowest BCUT2D eigenvalue weighted by molar-refractivity contribution is 0.102. The van der Waals surface area contributed by atoms with Crippen molar-refractivity contribution < 1.29 is 4.79 Å². The Labute approximate surface area is 220 Å². The van der Waals surface area contributed by atoms with Crippen LogP contribution in [0.4, 0.5) is 17.1 Å². The molecule has 2 aromatic carbocycles. The standard InChI is InChI=1S/C27H28N6OS2/c1-32(2)21-10-8-20(9-11-21)29-27(35)33-15-12-19(13-16-33)26-31-23(17-36-26)25(34)30-22-7-3-5-18-6-4-14-28-24(18)22/h3-11,14,17,19H,12-13,15-16H2,1-2H3,(H,29,35)(H,30,34). The molecular formula is C27H28N6OS2. The van der Waals surface area contributed by atoms with Crippen molar-refractivity contribution in [2.24, 2.45) is 0 Å². The number of anilines is 3. The number of rotatable bonds is 5. The fourth-order valence-electron chi connectivity index (χ4n) is 4.35. The van der Waals surface area contributed by atoms with Crippen LogP contribution in [-0.4, -0.2) is 53.1 Å². The second kappa shape index (κ2) is 10.6. The zero-order valence-electron chi connectivity index (χ0n) is 20.3. The van der Waals surface area contributed by atoms with E-state index in [0.29, 0.717) is 17.3 Å². The second-order valence-electron chi connectivity index (χ2n) is 9.04. The minimum Gasteiger partial charge on any atom is -0.378 e. The van der Waals surface area contributed by atoms with E-state index in [0.717, 1.165) is 58.3 Å². The topological polar surface area (TPSA) is 73.4 Å². The molecule has 1 aliphatic rings. The highest BCUT2D eigenvalue weighted by atomic mass is 32.1. The first-order valence-corrected chi connectivity index (χ1v) is 13.2. The van der Waals surface area contributed by atoms with E-state index in [1.807, 2.05) is 61.9 Å². The Morgan fingerprint density at radius 1 is 1.06 bits per heavy atom. The number of amides is 1. The number of thiocarbonyl (C=S) groups is 1. The van der Waals surface area contributed by atoms with Gasteiger partial charge in [-0.2, -0.15) is 0 Å². The Morgan fingerprint density at radius 3 is 2.56 bits per heavy atom. The summed E-state index contributed by atoms with van der Waals surface area (Å²) in [5.74, 6) is 0.118. The highest BCUT2D eigenvalue weighted by molar-refractivity contribution is 7.80. The van der Waals surface area contributed by atoms with Crippen LogP contribution < -0.4 is 15.5 Å². The van der Waals surface area contributed by atoms with Gasteiger partial charge < -0.3 is 20.4 Å². The third kappa shape index (κ3) is 5.32. The van der Waals surface area contributed by atoms with E-state index < -0.39 is 0 Å². The van der Waals surface area contributed by atoms with Crippen LogP contribution in [0.15, 0.2) is 66.2 Å². The molecule has 4 aromatic rings. The predicted molar refractivity (Wildman–Crippen MR) is 152 cm³/mol. The van der Waals surface area contributed by atoms with Crippen LogP contribution in [0.1, 0.15) is 34.3 Å². The lowest BCUT2D eigenvalue weighted by Crippen LogP contribution is -2.40.